The lowest BCUT2D eigenvalue weighted by atomic mass is 9.74. The second kappa shape index (κ2) is 6.34. The lowest BCUT2D eigenvalue weighted by Crippen LogP contribution is -2.22. The van der Waals surface area contributed by atoms with Crippen LogP contribution in [0.3, 0.4) is 0 Å². The fraction of sp³-hybridized carbons (Fsp3) is 0.579. The minimum absolute atomic E-state index is 0.0619. The Labute approximate surface area is 138 Å². The van der Waals surface area contributed by atoms with Crippen LogP contribution in [0.15, 0.2) is 6.07 Å². The molecule has 0 fully saturated rings. The summed E-state index contributed by atoms with van der Waals surface area (Å²) in [7, 11) is 0. The summed E-state index contributed by atoms with van der Waals surface area (Å²) in [6.07, 6.45) is -0.267. The number of Topliss-reactive ketones (excluding diaryl/α,β-unsaturated/α-hetero) is 1. The van der Waals surface area contributed by atoms with Crippen molar-refractivity contribution < 1.29 is 19.8 Å². The summed E-state index contributed by atoms with van der Waals surface area (Å²) in [4.78, 5) is 23.3. The Morgan fingerprint density at radius 1 is 1.00 bits per heavy atom. The maximum Gasteiger partial charge on any atom is 0.303 e. The number of benzene rings is 1. The molecule has 0 aliphatic rings. The van der Waals surface area contributed by atoms with Gasteiger partial charge in [0.05, 0.1) is 6.42 Å². The van der Waals surface area contributed by atoms with E-state index in [0.717, 1.165) is 11.1 Å². The molecule has 2 N–H and O–H groups in total. The number of aryl methyl sites for hydroxylation is 1. The van der Waals surface area contributed by atoms with Gasteiger partial charge in [-0.2, -0.15) is 0 Å². The van der Waals surface area contributed by atoms with Crippen LogP contribution in [0.25, 0.3) is 0 Å². The zero-order chi connectivity index (χ0) is 18.2. The maximum absolute atomic E-state index is 12.6. The minimum Gasteiger partial charge on any atom is -0.507 e. The lowest BCUT2D eigenvalue weighted by Gasteiger charge is -2.30. The molecular formula is C19H28O4. The van der Waals surface area contributed by atoms with Gasteiger partial charge < -0.3 is 10.2 Å². The molecule has 1 rings (SSSR count). The average Bonchev–Trinajstić information content (AvgIpc) is 2.34. The zero-order valence-corrected chi connectivity index (χ0v) is 15.2. The molecule has 128 valence electrons. The fourth-order valence-electron chi connectivity index (χ4n) is 2.81. The van der Waals surface area contributed by atoms with Crippen molar-refractivity contribution in [3.8, 4) is 5.75 Å². The van der Waals surface area contributed by atoms with Crippen molar-refractivity contribution in [3.05, 3.63) is 28.3 Å². The van der Waals surface area contributed by atoms with Gasteiger partial charge in [-0.05, 0) is 28.9 Å². The van der Waals surface area contributed by atoms with Gasteiger partial charge in [0.2, 0.25) is 0 Å². The van der Waals surface area contributed by atoms with Crippen molar-refractivity contribution in [3.63, 3.8) is 0 Å². The molecule has 1 aromatic carbocycles. The van der Waals surface area contributed by atoms with Crippen LogP contribution in [0.5, 0.6) is 5.75 Å². The second-order valence-corrected chi connectivity index (χ2v) is 8.16. The van der Waals surface area contributed by atoms with Gasteiger partial charge in [0.25, 0.3) is 0 Å². The molecule has 4 nitrogen and oxygen atoms in total. The number of carbonyl (C=O) groups excluding carboxylic acids is 1. The van der Waals surface area contributed by atoms with E-state index in [9.17, 15) is 14.7 Å². The van der Waals surface area contributed by atoms with E-state index in [1.807, 2.05) is 54.5 Å². The van der Waals surface area contributed by atoms with Crippen LogP contribution < -0.4 is 0 Å². The first kappa shape index (κ1) is 19.2. The first-order valence-electron chi connectivity index (χ1n) is 7.89. The van der Waals surface area contributed by atoms with Crippen molar-refractivity contribution in [1.82, 2.24) is 0 Å². The highest BCUT2D eigenvalue weighted by Crippen LogP contribution is 2.42. The Bertz CT molecular complexity index is 628. The summed E-state index contributed by atoms with van der Waals surface area (Å²) >= 11 is 0. The molecule has 0 heterocycles. The summed E-state index contributed by atoms with van der Waals surface area (Å²) in [5.41, 5.74) is 1.98. The molecule has 0 saturated heterocycles. The number of hydrogen-bond donors (Lipinski definition) is 2. The van der Waals surface area contributed by atoms with Gasteiger partial charge in [-0.3, -0.25) is 9.59 Å². The van der Waals surface area contributed by atoms with Gasteiger partial charge in [-0.25, -0.2) is 0 Å². The summed E-state index contributed by atoms with van der Waals surface area (Å²) in [6, 6.07) is 1.85. The summed E-state index contributed by atoms with van der Waals surface area (Å²) in [5.74, 6) is -1.08. The SMILES string of the molecule is Cc1cc(C(C)(C)C)c(O)c(C(C)(C)C)c1C(=O)CCC(=O)O. The van der Waals surface area contributed by atoms with Crippen LogP contribution in [-0.4, -0.2) is 22.0 Å². The highest BCUT2D eigenvalue weighted by molar-refractivity contribution is 6.01. The number of ketones is 1. The third kappa shape index (κ3) is 4.34. The Kier molecular flexibility index (Phi) is 5.30. The fourth-order valence-corrected chi connectivity index (χ4v) is 2.81. The van der Waals surface area contributed by atoms with Crippen molar-refractivity contribution in [1.29, 1.82) is 0 Å². The van der Waals surface area contributed by atoms with E-state index >= 15 is 0 Å². The number of phenols is 1. The molecule has 0 aliphatic carbocycles. The Hall–Kier alpha value is -1.84. The van der Waals surface area contributed by atoms with E-state index in [0.29, 0.717) is 11.1 Å². The van der Waals surface area contributed by atoms with Crippen LogP contribution in [0.1, 0.15) is 81.4 Å². The summed E-state index contributed by atoms with van der Waals surface area (Å²) in [5, 5.41) is 19.6. The van der Waals surface area contributed by atoms with E-state index in [1.165, 1.54) is 0 Å². The number of carbonyl (C=O) groups is 2. The van der Waals surface area contributed by atoms with Crippen molar-refractivity contribution in [2.45, 2.75) is 72.1 Å². The van der Waals surface area contributed by atoms with Gasteiger partial charge in [0.1, 0.15) is 5.75 Å². The van der Waals surface area contributed by atoms with Gasteiger partial charge in [0, 0.05) is 17.5 Å². The lowest BCUT2D eigenvalue weighted by molar-refractivity contribution is -0.136. The molecule has 4 heteroatoms. The number of carboxylic acid groups (broad SMARTS) is 1. The third-order valence-electron chi connectivity index (χ3n) is 3.90. The van der Waals surface area contributed by atoms with Crippen molar-refractivity contribution >= 4 is 11.8 Å². The largest absolute Gasteiger partial charge is 0.507 e. The number of carboxylic acids is 1. The van der Waals surface area contributed by atoms with E-state index in [1.54, 1.807) is 0 Å². The van der Waals surface area contributed by atoms with Crippen LogP contribution in [0.4, 0.5) is 0 Å². The van der Waals surface area contributed by atoms with Crippen LogP contribution in [0, 0.1) is 6.92 Å². The summed E-state index contributed by atoms with van der Waals surface area (Å²) < 4.78 is 0. The average molecular weight is 320 g/mol. The third-order valence-corrected chi connectivity index (χ3v) is 3.90. The number of rotatable bonds is 4. The minimum atomic E-state index is -0.996. The molecule has 0 aromatic heterocycles. The number of aliphatic carboxylic acids is 1. The van der Waals surface area contributed by atoms with Crippen LogP contribution >= 0.6 is 0 Å². The van der Waals surface area contributed by atoms with E-state index in [4.69, 9.17) is 5.11 Å². The van der Waals surface area contributed by atoms with Crippen molar-refractivity contribution in [2.75, 3.05) is 0 Å². The molecule has 0 spiro atoms. The number of hydrogen-bond acceptors (Lipinski definition) is 3. The molecule has 0 bridgehead atoms. The maximum atomic E-state index is 12.6. The Morgan fingerprint density at radius 3 is 1.91 bits per heavy atom. The topological polar surface area (TPSA) is 74.6 Å². The first-order valence-corrected chi connectivity index (χ1v) is 7.89. The first-order chi connectivity index (χ1) is 10.3. The predicted molar refractivity (Wildman–Crippen MR) is 91.4 cm³/mol. The van der Waals surface area contributed by atoms with E-state index in [2.05, 4.69) is 0 Å². The number of phenolic OH excluding ortho intramolecular Hbond substituents is 1. The molecular weight excluding hydrogens is 292 g/mol. The van der Waals surface area contributed by atoms with E-state index in [-0.39, 0.29) is 29.8 Å². The van der Waals surface area contributed by atoms with E-state index < -0.39 is 11.4 Å². The number of aromatic hydroxyl groups is 1. The molecule has 1 aromatic rings. The molecule has 0 atom stereocenters. The molecule has 0 unspecified atom stereocenters. The Morgan fingerprint density at radius 2 is 1.52 bits per heavy atom. The highest BCUT2D eigenvalue weighted by Gasteiger charge is 2.31. The quantitative estimate of drug-likeness (QED) is 0.809. The predicted octanol–water partition coefficient (Wildman–Crippen LogP) is 4.34. The second-order valence-electron chi connectivity index (χ2n) is 8.16. The molecule has 0 aliphatic heterocycles. The van der Waals surface area contributed by atoms with Gasteiger partial charge in [-0.15, -0.1) is 0 Å². The van der Waals surface area contributed by atoms with Crippen LogP contribution in [-0.2, 0) is 15.6 Å². The molecule has 0 radical (unpaired) electrons. The normalized spacial score (nSPS) is 12.3. The molecule has 0 amide bonds. The van der Waals surface area contributed by atoms with Crippen molar-refractivity contribution in [2.24, 2.45) is 0 Å². The van der Waals surface area contributed by atoms with Gasteiger partial charge in [0.15, 0.2) is 5.78 Å². The van der Waals surface area contributed by atoms with Crippen LogP contribution in [0.2, 0.25) is 0 Å². The monoisotopic (exact) mass is 320 g/mol. The summed E-state index contributed by atoms with van der Waals surface area (Å²) in [6.45, 7) is 13.7. The molecule has 23 heavy (non-hydrogen) atoms. The zero-order valence-electron chi connectivity index (χ0n) is 15.2. The standard InChI is InChI=1S/C19H28O4/c1-11-10-12(18(2,3)4)17(23)16(19(5,6)7)15(11)13(20)8-9-14(21)22/h10,23H,8-9H2,1-7H3,(H,21,22). The smallest absolute Gasteiger partial charge is 0.303 e. The molecule has 0 saturated carbocycles. The Balaban J connectivity index is 3.61. The highest BCUT2D eigenvalue weighted by atomic mass is 16.4. The van der Waals surface area contributed by atoms with Gasteiger partial charge >= 0.3 is 5.97 Å². The van der Waals surface area contributed by atoms with Gasteiger partial charge in [-0.1, -0.05) is 47.6 Å².